The lowest BCUT2D eigenvalue weighted by molar-refractivity contribution is -0.387. The van der Waals surface area contributed by atoms with Gasteiger partial charge in [0.25, 0.3) is 5.69 Å². The first kappa shape index (κ1) is 20.5. The lowest BCUT2D eigenvalue weighted by Gasteiger charge is -2.18. The van der Waals surface area contributed by atoms with E-state index in [0.717, 1.165) is 52.4 Å². The first-order chi connectivity index (χ1) is 14.5. The van der Waals surface area contributed by atoms with Crippen LogP contribution in [0.3, 0.4) is 0 Å². The fourth-order valence-corrected chi connectivity index (χ4v) is 5.01. The van der Waals surface area contributed by atoms with Crippen molar-refractivity contribution < 1.29 is 14.4 Å². The normalized spacial score (nSPS) is 12.3. The molecule has 0 radical (unpaired) electrons. The predicted molar refractivity (Wildman–Crippen MR) is 117 cm³/mol. The Hall–Kier alpha value is -2.78. The second-order valence-electron chi connectivity index (χ2n) is 6.97. The smallest absolute Gasteiger partial charge is 0.287 e. The van der Waals surface area contributed by atoms with E-state index in [-0.39, 0.29) is 10.6 Å². The number of methoxy groups -OCH3 is 2. The van der Waals surface area contributed by atoms with Crippen molar-refractivity contribution >= 4 is 28.4 Å². The molecule has 0 fully saturated rings. The van der Waals surface area contributed by atoms with Gasteiger partial charge in [-0.1, -0.05) is 25.6 Å². The van der Waals surface area contributed by atoms with E-state index in [4.69, 9.17) is 14.6 Å². The molecule has 1 aliphatic heterocycles. The van der Waals surface area contributed by atoms with E-state index in [2.05, 4.69) is 18.7 Å². The topological polar surface area (TPSA) is 82.7 Å². The van der Waals surface area contributed by atoms with E-state index in [1.54, 1.807) is 7.11 Å². The van der Waals surface area contributed by atoms with Gasteiger partial charge in [0, 0.05) is 17.0 Å². The van der Waals surface area contributed by atoms with Gasteiger partial charge < -0.3 is 14.4 Å². The van der Waals surface area contributed by atoms with Crippen molar-refractivity contribution in [1.82, 2.24) is 14.7 Å². The molecule has 4 rings (SSSR count). The number of nitrogens with zero attached hydrogens (tertiary/aromatic N) is 4. The zero-order chi connectivity index (χ0) is 21.4. The quantitative estimate of drug-likeness (QED) is 0.303. The van der Waals surface area contributed by atoms with Crippen LogP contribution in [0.1, 0.15) is 13.8 Å². The summed E-state index contributed by atoms with van der Waals surface area (Å²) in [6.45, 7) is 7.65. The summed E-state index contributed by atoms with van der Waals surface area (Å²) in [5, 5.41) is 17.5. The SMILES string of the molecule is CCN(CC)CCn1nc2c3c(c([N+](=O)[O-])cc(OC)c31)Sc1ccc(OC)cc1-2. The van der Waals surface area contributed by atoms with E-state index in [1.807, 2.05) is 22.9 Å². The predicted octanol–water partition coefficient (Wildman–Crippen LogP) is 4.44. The van der Waals surface area contributed by atoms with Crippen LogP contribution in [0.5, 0.6) is 11.5 Å². The van der Waals surface area contributed by atoms with Crippen LogP contribution in [-0.4, -0.2) is 53.5 Å². The molecule has 158 valence electrons. The van der Waals surface area contributed by atoms with Crippen LogP contribution in [-0.2, 0) is 6.54 Å². The monoisotopic (exact) mass is 428 g/mol. The van der Waals surface area contributed by atoms with Crippen molar-refractivity contribution in [2.24, 2.45) is 0 Å². The minimum Gasteiger partial charge on any atom is -0.497 e. The highest BCUT2D eigenvalue weighted by molar-refractivity contribution is 8.00. The molecule has 1 aliphatic rings. The molecule has 0 spiro atoms. The summed E-state index contributed by atoms with van der Waals surface area (Å²) < 4.78 is 12.9. The minimum atomic E-state index is -0.351. The standard InChI is InChI=1S/C21H24N4O4S/c1-5-23(6-2)9-10-24-20-16(29-4)12-15(25(26)27)21-18(20)19(22-24)14-11-13(28-3)7-8-17(14)30-21/h7-8,11-12H,5-6,9-10H2,1-4H3. The molecule has 0 atom stereocenters. The van der Waals surface area contributed by atoms with Crippen molar-refractivity contribution in [2.45, 2.75) is 30.2 Å². The molecule has 3 aromatic rings. The number of likely N-dealkylation sites (N-methyl/N-ethyl adjacent to an activating group) is 1. The van der Waals surface area contributed by atoms with Gasteiger partial charge in [0.2, 0.25) is 0 Å². The van der Waals surface area contributed by atoms with Gasteiger partial charge in [-0.2, -0.15) is 5.10 Å². The largest absolute Gasteiger partial charge is 0.497 e. The Morgan fingerprint density at radius 2 is 1.97 bits per heavy atom. The Labute approximate surface area is 178 Å². The Morgan fingerprint density at radius 3 is 2.60 bits per heavy atom. The van der Waals surface area contributed by atoms with Crippen LogP contribution in [0.2, 0.25) is 0 Å². The highest BCUT2D eigenvalue weighted by Crippen LogP contribution is 2.53. The van der Waals surface area contributed by atoms with Crippen LogP contribution in [0.25, 0.3) is 22.2 Å². The number of hydrogen-bond acceptors (Lipinski definition) is 7. The summed E-state index contributed by atoms with van der Waals surface area (Å²) in [4.78, 5) is 15.3. The van der Waals surface area contributed by atoms with E-state index < -0.39 is 0 Å². The molecule has 0 unspecified atom stereocenters. The second kappa shape index (κ2) is 8.16. The number of benzene rings is 2. The zero-order valence-corrected chi connectivity index (χ0v) is 18.3. The molecule has 2 heterocycles. The average molecular weight is 429 g/mol. The molecular formula is C21H24N4O4S. The Morgan fingerprint density at radius 1 is 1.20 bits per heavy atom. The molecule has 1 aromatic heterocycles. The van der Waals surface area contributed by atoms with E-state index in [9.17, 15) is 10.1 Å². The molecule has 0 aliphatic carbocycles. The van der Waals surface area contributed by atoms with Crippen LogP contribution in [0, 0.1) is 10.1 Å². The van der Waals surface area contributed by atoms with Crippen LogP contribution >= 0.6 is 11.8 Å². The van der Waals surface area contributed by atoms with E-state index in [1.165, 1.54) is 24.9 Å². The van der Waals surface area contributed by atoms with Gasteiger partial charge in [-0.3, -0.25) is 14.8 Å². The molecule has 0 amide bonds. The third kappa shape index (κ3) is 3.27. The maximum atomic E-state index is 11.8. The molecular weight excluding hydrogens is 404 g/mol. The fourth-order valence-electron chi connectivity index (χ4n) is 3.85. The third-order valence-corrected chi connectivity index (χ3v) is 6.70. The first-order valence-corrected chi connectivity index (χ1v) is 10.7. The Balaban J connectivity index is 1.98. The highest BCUT2D eigenvalue weighted by Gasteiger charge is 2.33. The van der Waals surface area contributed by atoms with E-state index >= 15 is 0 Å². The molecule has 0 N–H and O–H groups in total. The number of aromatic nitrogens is 2. The lowest BCUT2D eigenvalue weighted by atomic mass is 10.1. The van der Waals surface area contributed by atoms with Gasteiger partial charge in [-0.15, -0.1) is 0 Å². The van der Waals surface area contributed by atoms with Crippen molar-refractivity contribution in [3.05, 3.63) is 34.4 Å². The highest BCUT2D eigenvalue weighted by atomic mass is 32.2. The van der Waals surface area contributed by atoms with E-state index in [0.29, 0.717) is 17.2 Å². The maximum absolute atomic E-state index is 11.8. The molecule has 0 saturated carbocycles. The molecule has 2 aromatic carbocycles. The summed E-state index contributed by atoms with van der Waals surface area (Å²) in [5.41, 5.74) is 2.48. The van der Waals surface area contributed by atoms with Crippen molar-refractivity contribution in [1.29, 1.82) is 0 Å². The summed E-state index contributed by atoms with van der Waals surface area (Å²) >= 11 is 1.40. The van der Waals surface area contributed by atoms with Gasteiger partial charge in [0.15, 0.2) is 5.75 Å². The van der Waals surface area contributed by atoms with Crippen LogP contribution in [0.15, 0.2) is 34.1 Å². The molecule has 0 bridgehead atoms. The summed E-state index contributed by atoms with van der Waals surface area (Å²) in [5.74, 6) is 1.19. The lowest BCUT2D eigenvalue weighted by Crippen LogP contribution is -2.27. The number of hydrogen-bond donors (Lipinski definition) is 0. The summed E-state index contributed by atoms with van der Waals surface area (Å²) in [6.07, 6.45) is 0. The van der Waals surface area contributed by atoms with Crippen LogP contribution in [0.4, 0.5) is 5.69 Å². The van der Waals surface area contributed by atoms with Gasteiger partial charge in [0.1, 0.15) is 21.9 Å². The Bertz CT molecular complexity index is 1120. The first-order valence-electron chi connectivity index (χ1n) is 9.86. The maximum Gasteiger partial charge on any atom is 0.287 e. The zero-order valence-electron chi connectivity index (χ0n) is 17.5. The van der Waals surface area contributed by atoms with Crippen molar-refractivity contribution in [3.63, 3.8) is 0 Å². The van der Waals surface area contributed by atoms with Gasteiger partial charge in [0.05, 0.1) is 37.1 Å². The average Bonchev–Trinajstić information content (AvgIpc) is 3.15. The van der Waals surface area contributed by atoms with Crippen molar-refractivity contribution in [2.75, 3.05) is 33.9 Å². The number of rotatable bonds is 8. The summed E-state index contributed by atoms with van der Waals surface area (Å²) in [7, 11) is 3.16. The Kier molecular flexibility index (Phi) is 5.57. The van der Waals surface area contributed by atoms with Crippen LogP contribution < -0.4 is 9.47 Å². The molecule has 8 nitrogen and oxygen atoms in total. The number of nitro benzene ring substituents is 1. The molecule has 30 heavy (non-hydrogen) atoms. The molecule has 9 heteroatoms. The van der Waals surface area contributed by atoms with Gasteiger partial charge >= 0.3 is 0 Å². The van der Waals surface area contributed by atoms with Crippen molar-refractivity contribution in [3.8, 4) is 22.8 Å². The van der Waals surface area contributed by atoms with Gasteiger partial charge in [-0.25, -0.2) is 0 Å². The minimum absolute atomic E-state index is 0.0374. The summed E-state index contributed by atoms with van der Waals surface area (Å²) in [6, 6.07) is 7.24. The van der Waals surface area contributed by atoms with Gasteiger partial charge in [-0.05, 0) is 31.3 Å². The number of ether oxygens (including phenoxy) is 2. The second-order valence-corrected chi connectivity index (χ2v) is 8.02. The third-order valence-electron chi connectivity index (χ3n) is 5.51. The number of fused-ring (bicyclic) bond motifs is 2. The fraction of sp³-hybridized carbons (Fsp3) is 0.381. The number of nitro groups is 1. The molecule has 0 saturated heterocycles.